The number of likely N-dealkylation sites (N-methyl/N-ethyl adjacent to an activating group) is 1. The average molecular weight is 198 g/mol. The molecule has 1 saturated heterocycles. The molecule has 0 saturated carbocycles. The van der Waals surface area contributed by atoms with E-state index in [0.29, 0.717) is 0 Å². The predicted molar refractivity (Wildman–Crippen MR) is 62.6 cm³/mol. The van der Waals surface area contributed by atoms with Crippen molar-refractivity contribution < 1.29 is 0 Å². The van der Waals surface area contributed by atoms with E-state index >= 15 is 0 Å². The highest BCUT2D eigenvalue weighted by Gasteiger charge is 2.25. The Hall–Kier alpha value is -0.0800. The molecule has 0 aromatic rings. The molecule has 0 bridgehead atoms. The second kappa shape index (κ2) is 6.41. The van der Waals surface area contributed by atoms with Gasteiger partial charge >= 0.3 is 0 Å². The Morgan fingerprint density at radius 2 is 2.14 bits per heavy atom. The van der Waals surface area contributed by atoms with E-state index in [1.165, 1.54) is 45.3 Å². The number of hydrogen-bond acceptors (Lipinski definition) is 2. The van der Waals surface area contributed by atoms with Gasteiger partial charge in [-0.1, -0.05) is 27.2 Å². The lowest BCUT2D eigenvalue weighted by atomic mass is 10.0. The third-order valence-corrected chi connectivity index (χ3v) is 3.43. The molecule has 0 aromatic carbocycles. The standard InChI is InChI=1S/C12H26N2/c1-4-7-11(5-2)14(6-3)12-8-9-13-10-12/h11-13H,4-10H2,1-3H3. The largest absolute Gasteiger partial charge is 0.315 e. The quantitative estimate of drug-likeness (QED) is 0.704. The van der Waals surface area contributed by atoms with Gasteiger partial charge in [-0.25, -0.2) is 0 Å². The van der Waals surface area contributed by atoms with Crippen molar-refractivity contribution in [2.24, 2.45) is 0 Å². The monoisotopic (exact) mass is 198 g/mol. The first-order valence-corrected chi connectivity index (χ1v) is 6.29. The van der Waals surface area contributed by atoms with E-state index in [4.69, 9.17) is 0 Å². The van der Waals surface area contributed by atoms with Crippen LogP contribution >= 0.6 is 0 Å². The lowest BCUT2D eigenvalue weighted by molar-refractivity contribution is 0.138. The summed E-state index contributed by atoms with van der Waals surface area (Å²) in [6.45, 7) is 10.5. The molecule has 1 fully saturated rings. The van der Waals surface area contributed by atoms with Crippen molar-refractivity contribution in [3.05, 3.63) is 0 Å². The second-order valence-corrected chi connectivity index (χ2v) is 4.33. The van der Waals surface area contributed by atoms with E-state index in [2.05, 4.69) is 31.0 Å². The second-order valence-electron chi connectivity index (χ2n) is 4.33. The minimum absolute atomic E-state index is 0.802. The smallest absolute Gasteiger partial charge is 0.0235 e. The van der Waals surface area contributed by atoms with Gasteiger partial charge in [0.25, 0.3) is 0 Å². The third-order valence-electron chi connectivity index (χ3n) is 3.43. The summed E-state index contributed by atoms with van der Waals surface area (Å²) in [6, 6.07) is 1.62. The zero-order chi connectivity index (χ0) is 10.4. The summed E-state index contributed by atoms with van der Waals surface area (Å²) in [5.74, 6) is 0. The summed E-state index contributed by atoms with van der Waals surface area (Å²) in [6.07, 6.45) is 5.32. The number of nitrogens with one attached hydrogen (secondary N) is 1. The predicted octanol–water partition coefficient (Wildman–Crippen LogP) is 2.25. The summed E-state index contributed by atoms with van der Waals surface area (Å²) in [7, 11) is 0. The Bertz CT molecular complexity index is 141. The molecule has 1 aliphatic rings. The van der Waals surface area contributed by atoms with Crippen molar-refractivity contribution in [1.29, 1.82) is 0 Å². The van der Waals surface area contributed by atoms with E-state index in [9.17, 15) is 0 Å². The van der Waals surface area contributed by atoms with E-state index in [1.807, 2.05) is 0 Å². The molecule has 14 heavy (non-hydrogen) atoms. The molecule has 84 valence electrons. The summed E-state index contributed by atoms with van der Waals surface area (Å²) in [5.41, 5.74) is 0. The van der Waals surface area contributed by atoms with Gasteiger partial charge in [-0.05, 0) is 32.4 Å². The molecular formula is C12H26N2. The van der Waals surface area contributed by atoms with Gasteiger partial charge in [0.15, 0.2) is 0 Å². The van der Waals surface area contributed by atoms with Crippen LogP contribution in [0.3, 0.4) is 0 Å². The van der Waals surface area contributed by atoms with Crippen molar-refractivity contribution in [3.63, 3.8) is 0 Å². The van der Waals surface area contributed by atoms with Gasteiger partial charge in [0.2, 0.25) is 0 Å². The molecule has 1 N–H and O–H groups in total. The molecule has 1 heterocycles. The van der Waals surface area contributed by atoms with Gasteiger partial charge < -0.3 is 5.32 Å². The Morgan fingerprint density at radius 3 is 2.57 bits per heavy atom. The highest BCUT2D eigenvalue weighted by atomic mass is 15.2. The van der Waals surface area contributed by atoms with Crippen LogP contribution in [0.1, 0.15) is 46.5 Å². The molecule has 2 heteroatoms. The molecule has 2 unspecified atom stereocenters. The van der Waals surface area contributed by atoms with Crippen LogP contribution in [0.5, 0.6) is 0 Å². The van der Waals surface area contributed by atoms with Crippen molar-refractivity contribution in [3.8, 4) is 0 Å². The Morgan fingerprint density at radius 1 is 1.36 bits per heavy atom. The lowest BCUT2D eigenvalue weighted by Gasteiger charge is -2.34. The molecule has 2 nitrogen and oxygen atoms in total. The maximum Gasteiger partial charge on any atom is 0.0235 e. The number of hydrogen-bond donors (Lipinski definition) is 1. The van der Waals surface area contributed by atoms with Gasteiger partial charge in [0.05, 0.1) is 0 Å². The van der Waals surface area contributed by atoms with E-state index in [0.717, 1.165) is 12.1 Å². The van der Waals surface area contributed by atoms with Crippen molar-refractivity contribution in [1.82, 2.24) is 10.2 Å². The van der Waals surface area contributed by atoms with Gasteiger partial charge in [-0.15, -0.1) is 0 Å². The highest BCUT2D eigenvalue weighted by Crippen LogP contribution is 2.17. The van der Waals surface area contributed by atoms with Crippen LogP contribution in [0.4, 0.5) is 0 Å². The zero-order valence-electron chi connectivity index (χ0n) is 10.1. The van der Waals surface area contributed by atoms with Crippen LogP contribution in [-0.4, -0.2) is 36.6 Å². The molecule has 0 amide bonds. The summed E-state index contributed by atoms with van der Waals surface area (Å²) < 4.78 is 0. The topological polar surface area (TPSA) is 15.3 Å². The Balaban J connectivity index is 2.48. The Kier molecular flexibility index (Phi) is 5.49. The summed E-state index contributed by atoms with van der Waals surface area (Å²) in [4.78, 5) is 2.71. The van der Waals surface area contributed by atoms with Crippen LogP contribution < -0.4 is 5.32 Å². The van der Waals surface area contributed by atoms with Crippen molar-refractivity contribution in [2.45, 2.75) is 58.5 Å². The van der Waals surface area contributed by atoms with Crippen LogP contribution in [-0.2, 0) is 0 Å². The minimum atomic E-state index is 0.802. The maximum absolute atomic E-state index is 3.47. The third kappa shape index (κ3) is 2.96. The summed E-state index contributed by atoms with van der Waals surface area (Å²) >= 11 is 0. The number of rotatable bonds is 6. The fourth-order valence-corrected chi connectivity index (χ4v) is 2.67. The zero-order valence-corrected chi connectivity index (χ0v) is 10.1. The van der Waals surface area contributed by atoms with Gasteiger partial charge in [0.1, 0.15) is 0 Å². The fraction of sp³-hybridized carbons (Fsp3) is 1.00. The van der Waals surface area contributed by atoms with Crippen molar-refractivity contribution in [2.75, 3.05) is 19.6 Å². The van der Waals surface area contributed by atoms with E-state index in [-0.39, 0.29) is 0 Å². The lowest BCUT2D eigenvalue weighted by Crippen LogP contribution is -2.43. The minimum Gasteiger partial charge on any atom is -0.315 e. The van der Waals surface area contributed by atoms with Crippen LogP contribution in [0.15, 0.2) is 0 Å². The molecule has 1 aliphatic heterocycles. The molecule has 0 aliphatic carbocycles. The van der Waals surface area contributed by atoms with Gasteiger partial charge in [0, 0.05) is 18.6 Å². The summed E-state index contributed by atoms with van der Waals surface area (Å²) in [5, 5.41) is 3.47. The van der Waals surface area contributed by atoms with Crippen molar-refractivity contribution >= 4 is 0 Å². The fourth-order valence-electron chi connectivity index (χ4n) is 2.67. The maximum atomic E-state index is 3.47. The normalized spacial score (nSPS) is 24.4. The molecular weight excluding hydrogens is 172 g/mol. The van der Waals surface area contributed by atoms with Crippen LogP contribution in [0.2, 0.25) is 0 Å². The molecule has 1 rings (SSSR count). The van der Waals surface area contributed by atoms with Gasteiger partial charge in [-0.3, -0.25) is 4.90 Å². The molecule has 0 aromatic heterocycles. The van der Waals surface area contributed by atoms with E-state index < -0.39 is 0 Å². The molecule has 2 atom stereocenters. The van der Waals surface area contributed by atoms with Crippen LogP contribution in [0.25, 0.3) is 0 Å². The molecule has 0 radical (unpaired) electrons. The first kappa shape index (κ1) is 12.0. The van der Waals surface area contributed by atoms with Crippen LogP contribution in [0, 0.1) is 0 Å². The van der Waals surface area contributed by atoms with Gasteiger partial charge in [-0.2, -0.15) is 0 Å². The number of nitrogens with zero attached hydrogens (tertiary/aromatic N) is 1. The van der Waals surface area contributed by atoms with E-state index in [1.54, 1.807) is 0 Å². The SMILES string of the molecule is CCCC(CC)N(CC)C1CCNC1. The first-order chi connectivity index (χ1) is 6.83. The average Bonchev–Trinajstić information content (AvgIpc) is 2.71. The molecule has 0 spiro atoms. The first-order valence-electron chi connectivity index (χ1n) is 6.29. The Labute approximate surface area is 89.1 Å². The highest BCUT2D eigenvalue weighted by molar-refractivity contribution is 4.84.